The van der Waals surface area contributed by atoms with Gasteiger partial charge in [0.05, 0.1) is 17.4 Å². The number of thiophene rings is 1. The van der Waals surface area contributed by atoms with Crippen LogP contribution in [-0.4, -0.2) is 35.8 Å². The molecule has 1 fully saturated rings. The average molecular weight is 355 g/mol. The fraction of sp³-hybridized carbons (Fsp3) is 0.368. The molecule has 2 amide bonds. The van der Waals surface area contributed by atoms with Gasteiger partial charge in [-0.25, -0.2) is 0 Å². The fourth-order valence-electron chi connectivity index (χ4n) is 3.84. The van der Waals surface area contributed by atoms with Crippen LogP contribution < -0.4 is 10.2 Å². The first kappa shape index (κ1) is 16.3. The van der Waals surface area contributed by atoms with Gasteiger partial charge in [0.15, 0.2) is 0 Å². The van der Waals surface area contributed by atoms with E-state index in [9.17, 15) is 9.59 Å². The summed E-state index contributed by atoms with van der Waals surface area (Å²) in [7, 11) is 0. The number of nitrogens with zero attached hydrogens (tertiary/aromatic N) is 2. The number of carbonyl (C=O) groups is 2. The Hall–Kier alpha value is -2.18. The minimum atomic E-state index is -0.256. The molecule has 0 unspecified atom stereocenters. The van der Waals surface area contributed by atoms with Crippen molar-refractivity contribution in [3.8, 4) is 0 Å². The average Bonchev–Trinajstić information content (AvgIpc) is 3.30. The number of hydrogen-bond donors (Lipinski definition) is 1. The minimum absolute atomic E-state index is 0.00856. The van der Waals surface area contributed by atoms with Gasteiger partial charge in [-0.05, 0) is 49.9 Å². The maximum absolute atomic E-state index is 13.2. The molecule has 2 aromatic rings. The van der Waals surface area contributed by atoms with Gasteiger partial charge < -0.3 is 5.32 Å². The molecule has 0 radical (unpaired) electrons. The van der Waals surface area contributed by atoms with Crippen LogP contribution in [0, 0.1) is 0 Å². The topological polar surface area (TPSA) is 52.7 Å². The minimum Gasteiger partial charge on any atom is -0.323 e. The molecular weight excluding hydrogens is 334 g/mol. The number of benzene rings is 1. The molecular formula is C19H21N3O2S. The SMILES string of the molecule is C[C@@H](C(=O)N1CC(=O)Nc2ccccc21)N1CCC[C@@H]1c1cccs1. The Balaban J connectivity index is 1.59. The largest absolute Gasteiger partial charge is 0.323 e. The lowest BCUT2D eigenvalue weighted by molar-refractivity contribution is -0.125. The van der Waals surface area contributed by atoms with Crippen molar-refractivity contribution in [2.75, 3.05) is 23.3 Å². The van der Waals surface area contributed by atoms with Crippen LogP contribution >= 0.6 is 11.3 Å². The van der Waals surface area contributed by atoms with E-state index in [-0.39, 0.29) is 24.4 Å². The van der Waals surface area contributed by atoms with Gasteiger partial charge in [0.2, 0.25) is 11.8 Å². The Morgan fingerprint density at radius 2 is 2.12 bits per heavy atom. The predicted molar refractivity (Wildman–Crippen MR) is 99.9 cm³/mol. The molecule has 2 atom stereocenters. The van der Waals surface area contributed by atoms with E-state index in [1.54, 1.807) is 16.2 Å². The number of para-hydroxylation sites is 2. The zero-order valence-corrected chi connectivity index (χ0v) is 15.0. The second-order valence-corrected chi connectivity index (χ2v) is 7.56. The molecule has 130 valence electrons. The maximum Gasteiger partial charge on any atom is 0.244 e. The van der Waals surface area contributed by atoms with Crippen LogP contribution in [-0.2, 0) is 9.59 Å². The van der Waals surface area contributed by atoms with E-state index in [1.165, 1.54) is 4.88 Å². The smallest absolute Gasteiger partial charge is 0.244 e. The van der Waals surface area contributed by atoms with Gasteiger partial charge in [-0.3, -0.25) is 19.4 Å². The second kappa shape index (κ2) is 6.61. The molecule has 1 saturated heterocycles. The Bertz CT molecular complexity index is 790. The van der Waals surface area contributed by atoms with E-state index in [1.807, 2.05) is 31.2 Å². The monoisotopic (exact) mass is 355 g/mol. The lowest BCUT2D eigenvalue weighted by Gasteiger charge is -2.35. The highest BCUT2D eigenvalue weighted by molar-refractivity contribution is 7.10. The number of likely N-dealkylation sites (tertiary alicyclic amines) is 1. The summed E-state index contributed by atoms with van der Waals surface area (Å²) in [5.41, 5.74) is 1.49. The molecule has 0 aliphatic carbocycles. The van der Waals surface area contributed by atoms with E-state index in [0.29, 0.717) is 11.7 Å². The number of rotatable bonds is 3. The predicted octanol–water partition coefficient (Wildman–Crippen LogP) is 3.26. The normalized spacial score (nSPS) is 21.7. The Kier molecular flexibility index (Phi) is 4.31. The first-order valence-corrected chi connectivity index (χ1v) is 9.52. The Morgan fingerprint density at radius 3 is 2.92 bits per heavy atom. The van der Waals surface area contributed by atoms with Crippen molar-refractivity contribution in [3.05, 3.63) is 46.7 Å². The van der Waals surface area contributed by atoms with Crippen molar-refractivity contribution in [3.63, 3.8) is 0 Å². The van der Waals surface area contributed by atoms with Gasteiger partial charge in [-0.2, -0.15) is 0 Å². The Morgan fingerprint density at radius 1 is 1.28 bits per heavy atom. The summed E-state index contributed by atoms with van der Waals surface area (Å²) >= 11 is 1.75. The third-order valence-corrected chi connectivity index (χ3v) is 6.03. The quantitative estimate of drug-likeness (QED) is 0.919. The lowest BCUT2D eigenvalue weighted by atomic mass is 10.1. The summed E-state index contributed by atoms with van der Waals surface area (Å²) in [4.78, 5) is 30.5. The van der Waals surface area contributed by atoms with Crippen molar-refractivity contribution in [1.82, 2.24) is 4.90 Å². The highest BCUT2D eigenvalue weighted by atomic mass is 32.1. The molecule has 25 heavy (non-hydrogen) atoms. The summed E-state index contributed by atoms with van der Waals surface area (Å²) in [6.45, 7) is 2.96. The van der Waals surface area contributed by atoms with Gasteiger partial charge in [-0.1, -0.05) is 18.2 Å². The molecule has 1 N–H and O–H groups in total. The van der Waals surface area contributed by atoms with Gasteiger partial charge >= 0.3 is 0 Å². The van der Waals surface area contributed by atoms with Crippen LogP contribution in [0.5, 0.6) is 0 Å². The second-order valence-electron chi connectivity index (χ2n) is 6.58. The number of nitrogens with one attached hydrogen (secondary N) is 1. The zero-order valence-electron chi connectivity index (χ0n) is 14.1. The molecule has 0 bridgehead atoms. The van der Waals surface area contributed by atoms with Gasteiger partial charge in [0, 0.05) is 10.9 Å². The standard InChI is InChI=1S/C19H21N3O2S/c1-13(21-10-4-8-16(21)17-9-5-11-25-17)19(24)22-12-18(23)20-14-6-2-3-7-15(14)22/h2-3,5-7,9,11,13,16H,4,8,10,12H2,1H3,(H,20,23)/t13-,16+/m0/s1. The highest BCUT2D eigenvalue weighted by Crippen LogP contribution is 2.37. The van der Waals surface area contributed by atoms with E-state index in [2.05, 4.69) is 27.7 Å². The van der Waals surface area contributed by atoms with Gasteiger partial charge in [0.1, 0.15) is 6.54 Å². The molecule has 2 aliphatic rings. The molecule has 5 nitrogen and oxygen atoms in total. The maximum atomic E-state index is 13.2. The van der Waals surface area contributed by atoms with Crippen molar-refractivity contribution < 1.29 is 9.59 Å². The van der Waals surface area contributed by atoms with Crippen molar-refractivity contribution in [1.29, 1.82) is 0 Å². The van der Waals surface area contributed by atoms with Crippen LogP contribution in [0.4, 0.5) is 11.4 Å². The van der Waals surface area contributed by atoms with E-state index < -0.39 is 0 Å². The van der Waals surface area contributed by atoms with Crippen LogP contribution in [0.2, 0.25) is 0 Å². The third-order valence-electron chi connectivity index (χ3n) is 5.06. The van der Waals surface area contributed by atoms with Crippen LogP contribution in [0.25, 0.3) is 0 Å². The molecule has 1 aromatic carbocycles. The van der Waals surface area contributed by atoms with Crippen molar-refractivity contribution in [2.24, 2.45) is 0 Å². The number of hydrogen-bond acceptors (Lipinski definition) is 4. The number of amides is 2. The van der Waals surface area contributed by atoms with E-state index in [0.717, 1.165) is 25.1 Å². The van der Waals surface area contributed by atoms with Gasteiger partial charge in [-0.15, -0.1) is 11.3 Å². The number of carbonyl (C=O) groups excluding carboxylic acids is 2. The number of fused-ring (bicyclic) bond motifs is 1. The third kappa shape index (κ3) is 2.96. The number of anilines is 2. The van der Waals surface area contributed by atoms with E-state index >= 15 is 0 Å². The molecule has 1 aromatic heterocycles. The summed E-state index contributed by atoms with van der Waals surface area (Å²) in [5.74, 6) is -0.152. The molecule has 3 heterocycles. The van der Waals surface area contributed by atoms with Crippen LogP contribution in [0.3, 0.4) is 0 Å². The molecule has 0 saturated carbocycles. The van der Waals surface area contributed by atoms with E-state index in [4.69, 9.17) is 0 Å². The van der Waals surface area contributed by atoms with Crippen LogP contribution in [0.1, 0.15) is 30.7 Å². The summed E-state index contributed by atoms with van der Waals surface area (Å²) in [6, 6.07) is 11.7. The summed E-state index contributed by atoms with van der Waals surface area (Å²) in [6.07, 6.45) is 2.17. The van der Waals surface area contributed by atoms with Crippen molar-refractivity contribution in [2.45, 2.75) is 31.8 Å². The molecule has 4 rings (SSSR count). The molecule has 2 aliphatic heterocycles. The summed E-state index contributed by atoms with van der Waals surface area (Å²) in [5, 5.41) is 4.93. The van der Waals surface area contributed by atoms with Crippen LogP contribution in [0.15, 0.2) is 41.8 Å². The van der Waals surface area contributed by atoms with Crippen molar-refractivity contribution >= 4 is 34.5 Å². The first-order chi connectivity index (χ1) is 12.1. The molecule has 0 spiro atoms. The lowest BCUT2D eigenvalue weighted by Crippen LogP contribution is -2.51. The summed E-state index contributed by atoms with van der Waals surface area (Å²) < 4.78 is 0. The molecule has 6 heteroatoms. The Labute approximate surface area is 151 Å². The highest BCUT2D eigenvalue weighted by Gasteiger charge is 2.37. The zero-order chi connectivity index (χ0) is 17.4. The fourth-order valence-corrected chi connectivity index (χ4v) is 4.72. The first-order valence-electron chi connectivity index (χ1n) is 8.64. The van der Waals surface area contributed by atoms with Gasteiger partial charge in [0.25, 0.3) is 0 Å².